The van der Waals surface area contributed by atoms with E-state index in [-0.39, 0.29) is 11.5 Å². The van der Waals surface area contributed by atoms with Gasteiger partial charge in [-0.05, 0) is 51.8 Å². The summed E-state index contributed by atoms with van der Waals surface area (Å²) in [6.07, 6.45) is 4.14. The van der Waals surface area contributed by atoms with Crippen molar-refractivity contribution in [3.8, 4) is 0 Å². The normalized spacial score (nSPS) is 16.5. The molecule has 0 fully saturated rings. The zero-order valence-electron chi connectivity index (χ0n) is 19.8. The zero-order valence-corrected chi connectivity index (χ0v) is 22.2. The lowest BCUT2D eigenvalue weighted by Crippen LogP contribution is -2.41. The lowest BCUT2D eigenvalue weighted by molar-refractivity contribution is -0.124. The number of hydrogen-bond donors (Lipinski definition) is 1. The molecule has 0 saturated heterocycles. The topological polar surface area (TPSA) is 95.2 Å². The Balaban J connectivity index is 1.21. The lowest BCUT2D eigenvalue weighted by Gasteiger charge is -2.25. The van der Waals surface area contributed by atoms with E-state index in [9.17, 15) is 9.59 Å². The monoisotopic (exact) mass is 582 g/mol. The molecule has 2 aromatic carbocycles. The molecule has 0 radical (unpaired) electrons. The van der Waals surface area contributed by atoms with Crippen LogP contribution in [0.5, 0.6) is 0 Å². The predicted molar refractivity (Wildman–Crippen MR) is 153 cm³/mol. The van der Waals surface area contributed by atoms with Crippen molar-refractivity contribution in [3.05, 3.63) is 111 Å². The Kier molecular flexibility index (Phi) is 5.52. The van der Waals surface area contributed by atoms with E-state index in [4.69, 9.17) is 9.98 Å². The molecule has 0 saturated carbocycles. The van der Waals surface area contributed by atoms with Gasteiger partial charge in [0, 0.05) is 51.6 Å². The standard InChI is InChI=1S/C28H19BrN6O2S/c29-17-9-10-24-31-18(12-25(36)34(24)14-17)15-38-28-33-22-8-4-2-6-20(22)26-32-23(27(37)35(26)28)11-16-13-30-21-7-3-1-5-19(16)21/h1-10,12-14,23,30H,11,15H2/t23-/m0/s1. The van der Waals surface area contributed by atoms with Crippen LogP contribution in [-0.4, -0.2) is 42.2 Å². The van der Waals surface area contributed by atoms with Gasteiger partial charge in [0.1, 0.15) is 17.5 Å². The molecule has 0 aliphatic carbocycles. The van der Waals surface area contributed by atoms with Gasteiger partial charge in [0.2, 0.25) is 0 Å². The zero-order chi connectivity index (χ0) is 25.8. The fraction of sp³-hybridized carbons (Fsp3) is 0.107. The Labute approximate surface area is 229 Å². The minimum absolute atomic E-state index is 0.109. The first-order chi connectivity index (χ1) is 18.5. The quantitative estimate of drug-likeness (QED) is 0.320. The number of amidine groups is 2. The maximum atomic E-state index is 13.7. The number of aliphatic imine (C=N–C) groups is 2. The number of rotatable bonds is 4. The molecule has 1 atom stereocenters. The molecule has 0 unspecified atom stereocenters. The van der Waals surface area contributed by atoms with Gasteiger partial charge < -0.3 is 4.98 Å². The van der Waals surface area contributed by atoms with Crippen LogP contribution in [0.25, 0.3) is 16.6 Å². The van der Waals surface area contributed by atoms with Crippen LogP contribution in [0.1, 0.15) is 16.8 Å². The summed E-state index contributed by atoms with van der Waals surface area (Å²) in [6, 6.07) is 20.4. The summed E-state index contributed by atoms with van der Waals surface area (Å²) in [5.41, 5.74) is 4.69. The third kappa shape index (κ3) is 3.88. The molecule has 1 N–H and O–H groups in total. The number of amides is 1. The van der Waals surface area contributed by atoms with E-state index in [0.29, 0.717) is 34.5 Å². The SMILES string of the molecule is O=C1[C@H](Cc2c[nH]c3ccccc23)N=C2c3ccccc3N=C(SCc3cc(=O)n4cc(Br)ccc4n3)N12. The van der Waals surface area contributed by atoms with E-state index < -0.39 is 6.04 Å². The van der Waals surface area contributed by atoms with E-state index in [1.165, 1.54) is 22.2 Å². The smallest absolute Gasteiger partial charge is 0.259 e. The molecular formula is C28H19BrN6O2S. The maximum Gasteiger partial charge on any atom is 0.259 e. The summed E-state index contributed by atoms with van der Waals surface area (Å²) in [6.45, 7) is 0. The summed E-state index contributed by atoms with van der Waals surface area (Å²) < 4.78 is 2.30. The Hall–Kier alpha value is -4.02. The van der Waals surface area contributed by atoms with E-state index in [1.807, 2.05) is 54.7 Å². The third-order valence-electron chi connectivity index (χ3n) is 6.66. The Morgan fingerprint density at radius 3 is 2.79 bits per heavy atom. The number of halogens is 1. The van der Waals surface area contributed by atoms with Gasteiger partial charge in [-0.25, -0.2) is 14.9 Å². The van der Waals surface area contributed by atoms with Crippen LogP contribution >= 0.6 is 27.7 Å². The van der Waals surface area contributed by atoms with Crippen molar-refractivity contribution in [1.82, 2.24) is 19.3 Å². The average molecular weight is 583 g/mol. The number of nitrogens with zero attached hydrogens (tertiary/aromatic N) is 5. The first-order valence-electron chi connectivity index (χ1n) is 12.0. The molecular weight excluding hydrogens is 564 g/mol. The second-order valence-electron chi connectivity index (χ2n) is 9.07. The molecule has 5 aromatic rings. The number of aromatic nitrogens is 3. The number of nitrogens with one attached hydrogen (secondary N) is 1. The second kappa shape index (κ2) is 9.07. The molecule has 10 heteroatoms. The molecule has 1 amide bonds. The summed E-state index contributed by atoms with van der Waals surface area (Å²) in [7, 11) is 0. The highest BCUT2D eigenvalue weighted by Crippen LogP contribution is 2.35. The molecule has 2 aliphatic heterocycles. The molecule has 186 valence electrons. The maximum absolute atomic E-state index is 13.7. The predicted octanol–water partition coefficient (Wildman–Crippen LogP) is 5.07. The number of carbonyl (C=O) groups is 1. The molecule has 7 rings (SSSR count). The first-order valence-corrected chi connectivity index (χ1v) is 13.8. The number of hydrogen-bond acceptors (Lipinski definition) is 6. The van der Waals surface area contributed by atoms with E-state index in [1.54, 1.807) is 17.2 Å². The van der Waals surface area contributed by atoms with Crippen molar-refractivity contribution in [2.24, 2.45) is 9.98 Å². The van der Waals surface area contributed by atoms with Gasteiger partial charge in [0.05, 0.1) is 11.4 Å². The number of thioether (sulfide) groups is 1. The van der Waals surface area contributed by atoms with Crippen LogP contribution in [0.2, 0.25) is 0 Å². The number of fused-ring (bicyclic) bond motifs is 5. The molecule has 5 heterocycles. The van der Waals surface area contributed by atoms with Gasteiger partial charge in [-0.1, -0.05) is 42.1 Å². The van der Waals surface area contributed by atoms with Crippen LogP contribution in [-0.2, 0) is 17.0 Å². The molecule has 38 heavy (non-hydrogen) atoms. The largest absolute Gasteiger partial charge is 0.361 e. The van der Waals surface area contributed by atoms with Crippen molar-refractivity contribution in [2.45, 2.75) is 18.2 Å². The van der Waals surface area contributed by atoms with Crippen molar-refractivity contribution >= 4 is 66.8 Å². The first kappa shape index (κ1) is 23.1. The molecule has 0 bridgehead atoms. The van der Waals surface area contributed by atoms with Crippen LogP contribution in [0.3, 0.4) is 0 Å². The van der Waals surface area contributed by atoms with E-state index >= 15 is 0 Å². The number of para-hydroxylation sites is 2. The van der Waals surface area contributed by atoms with Gasteiger partial charge in [-0.2, -0.15) is 0 Å². The second-order valence-corrected chi connectivity index (χ2v) is 10.9. The van der Waals surface area contributed by atoms with Crippen LogP contribution in [0.15, 0.2) is 98.4 Å². The number of pyridine rings is 1. The number of aromatic amines is 1. The highest BCUT2D eigenvalue weighted by molar-refractivity contribution is 9.10. The molecule has 0 spiro atoms. The molecule has 3 aromatic heterocycles. The fourth-order valence-corrected chi connectivity index (χ4v) is 6.11. The van der Waals surface area contributed by atoms with Crippen molar-refractivity contribution < 1.29 is 4.79 Å². The Morgan fingerprint density at radius 2 is 1.87 bits per heavy atom. The Bertz CT molecular complexity index is 1890. The summed E-state index contributed by atoms with van der Waals surface area (Å²) in [4.78, 5) is 45.6. The summed E-state index contributed by atoms with van der Waals surface area (Å²) >= 11 is 4.77. The third-order valence-corrected chi connectivity index (χ3v) is 8.10. The number of H-pyrrole nitrogens is 1. The summed E-state index contributed by atoms with van der Waals surface area (Å²) in [5, 5.41) is 1.63. The number of carbonyl (C=O) groups excluding carboxylic acids is 1. The lowest BCUT2D eigenvalue weighted by atomic mass is 10.1. The number of benzene rings is 2. The van der Waals surface area contributed by atoms with Crippen LogP contribution in [0, 0.1) is 0 Å². The van der Waals surface area contributed by atoms with E-state index in [0.717, 1.165) is 32.2 Å². The summed E-state index contributed by atoms with van der Waals surface area (Å²) in [5.74, 6) is 0.888. The van der Waals surface area contributed by atoms with Gasteiger partial charge in [0.15, 0.2) is 5.17 Å². The van der Waals surface area contributed by atoms with Crippen LogP contribution < -0.4 is 5.56 Å². The van der Waals surface area contributed by atoms with Gasteiger partial charge in [0.25, 0.3) is 11.5 Å². The Morgan fingerprint density at radius 1 is 1.03 bits per heavy atom. The highest BCUT2D eigenvalue weighted by atomic mass is 79.9. The molecule has 2 aliphatic rings. The average Bonchev–Trinajstić information content (AvgIpc) is 3.49. The molecule has 8 nitrogen and oxygen atoms in total. The van der Waals surface area contributed by atoms with E-state index in [2.05, 4.69) is 32.0 Å². The van der Waals surface area contributed by atoms with Crippen LogP contribution in [0.4, 0.5) is 5.69 Å². The minimum atomic E-state index is -0.553. The van der Waals surface area contributed by atoms with Gasteiger partial charge >= 0.3 is 0 Å². The van der Waals surface area contributed by atoms with Crippen molar-refractivity contribution in [2.75, 3.05) is 0 Å². The van der Waals surface area contributed by atoms with Crippen molar-refractivity contribution in [1.29, 1.82) is 0 Å². The minimum Gasteiger partial charge on any atom is -0.361 e. The van der Waals surface area contributed by atoms with Gasteiger partial charge in [-0.3, -0.25) is 19.0 Å². The van der Waals surface area contributed by atoms with Gasteiger partial charge in [-0.15, -0.1) is 0 Å². The highest BCUT2D eigenvalue weighted by Gasteiger charge is 2.41. The van der Waals surface area contributed by atoms with Crippen molar-refractivity contribution in [3.63, 3.8) is 0 Å². The fourth-order valence-electron chi connectivity index (χ4n) is 4.88.